The molecule has 8 heteroatoms. The molecule has 0 saturated heterocycles. The van der Waals surface area contributed by atoms with Crippen LogP contribution in [-0.4, -0.2) is 31.7 Å². The minimum atomic E-state index is -4.25. The molecule has 176 valence electrons. The predicted molar refractivity (Wildman–Crippen MR) is 128 cm³/mol. The Morgan fingerprint density at radius 1 is 0.875 bits per heavy atom. The molecular formula is C24H32O6S2. The van der Waals surface area contributed by atoms with E-state index in [0.717, 1.165) is 48.8 Å². The van der Waals surface area contributed by atoms with Crippen LogP contribution in [-0.2, 0) is 39.5 Å². The van der Waals surface area contributed by atoms with Gasteiger partial charge in [-0.1, -0.05) is 62.2 Å². The Bertz CT molecular complexity index is 1130. The highest BCUT2D eigenvalue weighted by Gasteiger charge is 2.15. The van der Waals surface area contributed by atoms with Gasteiger partial charge in [0.25, 0.3) is 20.2 Å². The van der Waals surface area contributed by atoms with Crippen molar-refractivity contribution in [2.24, 2.45) is 0 Å². The second kappa shape index (κ2) is 11.7. The highest BCUT2D eigenvalue weighted by atomic mass is 32.2. The van der Waals surface area contributed by atoms with E-state index < -0.39 is 20.2 Å². The number of unbranched alkanes of at least 4 members (excludes halogenated alkanes) is 3. The van der Waals surface area contributed by atoms with Crippen LogP contribution < -0.4 is 0 Å². The monoisotopic (exact) mass is 480 g/mol. The molecule has 0 unspecified atom stereocenters. The van der Waals surface area contributed by atoms with Crippen molar-refractivity contribution in [3.8, 4) is 0 Å². The zero-order chi connectivity index (χ0) is 23.8. The van der Waals surface area contributed by atoms with E-state index in [1.54, 1.807) is 13.0 Å². The lowest BCUT2D eigenvalue weighted by molar-refractivity contribution is 0.478. The first-order valence-electron chi connectivity index (χ1n) is 10.8. The maximum atomic E-state index is 11.6. The molecule has 0 saturated carbocycles. The molecule has 0 bridgehead atoms. The summed E-state index contributed by atoms with van der Waals surface area (Å²) in [7, 11) is -8.11. The molecule has 0 radical (unpaired) electrons. The number of rotatable bonds is 12. The fraction of sp³-hybridized carbons (Fsp3) is 0.417. The van der Waals surface area contributed by atoms with Gasteiger partial charge in [-0.05, 0) is 72.9 Å². The van der Waals surface area contributed by atoms with Crippen LogP contribution in [0.25, 0.3) is 6.08 Å². The zero-order valence-electron chi connectivity index (χ0n) is 18.6. The highest BCUT2D eigenvalue weighted by Crippen LogP contribution is 2.23. The molecule has 6 nitrogen and oxygen atoms in total. The lowest BCUT2D eigenvalue weighted by atomic mass is 10.0. The Labute approximate surface area is 191 Å². The maximum Gasteiger partial charge on any atom is 0.294 e. The number of allylic oxidation sites excluding steroid dienone is 1. The second-order valence-corrected chi connectivity index (χ2v) is 11.0. The highest BCUT2D eigenvalue weighted by molar-refractivity contribution is 7.86. The van der Waals surface area contributed by atoms with Crippen LogP contribution in [0.4, 0.5) is 0 Å². The Hall–Kier alpha value is -2.00. The average Bonchev–Trinajstić information content (AvgIpc) is 2.70. The number of hydrogen-bond donors (Lipinski definition) is 2. The SMILES string of the molecule is CCc1cc(C)c(S(=O)(=O)O)cc1C=CCc1ccc(CCCCCCS(=O)(=O)O)cc1. The fourth-order valence-electron chi connectivity index (χ4n) is 3.63. The smallest absolute Gasteiger partial charge is 0.286 e. The van der Waals surface area contributed by atoms with Crippen molar-refractivity contribution in [2.75, 3.05) is 5.75 Å². The summed E-state index contributed by atoms with van der Waals surface area (Å²) in [6, 6.07) is 11.6. The quantitative estimate of drug-likeness (QED) is 0.325. The minimum Gasteiger partial charge on any atom is -0.286 e. The molecule has 2 aromatic rings. The van der Waals surface area contributed by atoms with Crippen molar-refractivity contribution in [2.45, 2.75) is 63.7 Å². The van der Waals surface area contributed by atoms with Crippen LogP contribution >= 0.6 is 0 Å². The van der Waals surface area contributed by atoms with Crippen molar-refractivity contribution >= 4 is 26.3 Å². The van der Waals surface area contributed by atoms with Crippen molar-refractivity contribution in [1.29, 1.82) is 0 Å². The van der Waals surface area contributed by atoms with Gasteiger partial charge in [0.1, 0.15) is 0 Å². The standard InChI is InChI=1S/C24H32O6S2/c1-3-22-17-19(2)24(32(28,29)30)18-23(22)11-8-10-21-14-12-20(13-15-21)9-6-4-5-7-16-31(25,26)27/h8,11-15,17-18H,3-7,9-10,16H2,1-2H3,(H,25,26,27)(H,28,29,30). The lowest BCUT2D eigenvalue weighted by Gasteiger charge is -2.09. The van der Waals surface area contributed by atoms with Crippen LogP contribution in [0.15, 0.2) is 47.4 Å². The summed E-state index contributed by atoms with van der Waals surface area (Å²) < 4.78 is 62.7. The fourth-order valence-corrected chi connectivity index (χ4v) is 4.94. The van der Waals surface area contributed by atoms with Gasteiger partial charge >= 0.3 is 0 Å². The Balaban J connectivity index is 1.91. The van der Waals surface area contributed by atoms with Gasteiger partial charge in [-0.2, -0.15) is 16.8 Å². The predicted octanol–water partition coefficient (Wildman–Crippen LogP) is 5.05. The average molecular weight is 481 g/mol. The molecule has 0 aliphatic rings. The molecular weight excluding hydrogens is 448 g/mol. The van der Waals surface area contributed by atoms with E-state index >= 15 is 0 Å². The summed E-state index contributed by atoms with van der Waals surface area (Å²) >= 11 is 0. The van der Waals surface area contributed by atoms with E-state index in [4.69, 9.17) is 4.55 Å². The molecule has 32 heavy (non-hydrogen) atoms. The van der Waals surface area contributed by atoms with Crippen LogP contribution in [0.3, 0.4) is 0 Å². The Kier molecular flexibility index (Phi) is 9.64. The molecule has 0 amide bonds. The summed E-state index contributed by atoms with van der Waals surface area (Å²) in [5.41, 5.74) is 4.71. The molecule has 0 heterocycles. The molecule has 0 fully saturated rings. The van der Waals surface area contributed by atoms with E-state index in [9.17, 15) is 21.4 Å². The minimum absolute atomic E-state index is 0.0586. The largest absolute Gasteiger partial charge is 0.294 e. The Morgan fingerprint density at radius 3 is 2.09 bits per heavy atom. The molecule has 0 aliphatic carbocycles. The Morgan fingerprint density at radius 2 is 1.50 bits per heavy atom. The van der Waals surface area contributed by atoms with Gasteiger partial charge < -0.3 is 0 Å². The van der Waals surface area contributed by atoms with E-state index in [1.807, 2.05) is 19.1 Å². The number of benzene rings is 2. The first-order chi connectivity index (χ1) is 15.0. The normalized spacial score (nSPS) is 12.5. The summed E-state index contributed by atoms with van der Waals surface area (Å²) in [6.45, 7) is 3.68. The molecule has 2 aromatic carbocycles. The van der Waals surface area contributed by atoms with Crippen molar-refractivity contribution in [3.05, 3.63) is 70.3 Å². The second-order valence-electron chi connectivity index (χ2n) is 8.02. The van der Waals surface area contributed by atoms with Crippen LogP contribution in [0.5, 0.6) is 0 Å². The summed E-state index contributed by atoms with van der Waals surface area (Å²) in [5, 5.41) is 0. The molecule has 2 rings (SSSR count). The van der Waals surface area contributed by atoms with Crippen molar-refractivity contribution in [1.82, 2.24) is 0 Å². The van der Waals surface area contributed by atoms with Gasteiger partial charge in [-0.15, -0.1) is 0 Å². The summed E-state index contributed by atoms with van der Waals surface area (Å²) in [4.78, 5) is -0.0586. The lowest BCUT2D eigenvalue weighted by Crippen LogP contribution is -2.03. The van der Waals surface area contributed by atoms with Crippen LogP contribution in [0.2, 0.25) is 0 Å². The van der Waals surface area contributed by atoms with Gasteiger partial charge in [0.05, 0.1) is 10.6 Å². The third-order valence-corrected chi connectivity index (χ3v) is 7.19. The van der Waals surface area contributed by atoms with Gasteiger partial charge in [-0.3, -0.25) is 9.11 Å². The first-order valence-corrected chi connectivity index (χ1v) is 13.8. The van der Waals surface area contributed by atoms with Gasteiger partial charge in [0.15, 0.2) is 0 Å². The maximum absolute atomic E-state index is 11.6. The van der Waals surface area contributed by atoms with Gasteiger partial charge in [0.2, 0.25) is 0 Å². The van der Waals surface area contributed by atoms with Gasteiger partial charge in [0, 0.05) is 0 Å². The molecule has 2 N–H and O–H groups in total. The molecule has 0 aromatic heterocycles. The zero-order valence-corrected chi connectivity index (χ0v) is 20.3. The third kappa shape index (κ3) is 8.86. The molecule has 0 atom stereocenters. The summed E-state index contributed by atoms with van der Waals surface area (Å²) in [6.07, 6.45) is 9.41. The molecule has 0 aliphatic heterocycles. The van der Waals surface area contributed by atoms with Crippen LogP contribution in [0.1, 0.15) is 60.4 Å². The topological polar surface area (TPSA) is 109 Å². The molecule has 0 spiro atoms. The van der Waals surface area contributed by atoms with Crippen molar-refractivity contribution in [3.63, 3.8) is 0 Å². The van der Waals surface area contributed by atoms with Gasteiger partial charge in [-0.25, -0.2) is 0 Å². The summed E-state index contributed by atoms with van der Waals surface area (Å²) in [5.74, 6) is -0.172. The van der Waals surface area contributed by atoms with E-state index in [-0.39, 0.29) is 10.6 Å². The van der Waals surface area contributed by atoms with E-state index in [0.29, 0.717) is 18.4 Å². The number of hydrogen-bond acceptors (Lipinski definition) is 4. The van der Waals surface area contributed by atoms with Crippen LogP contribution in [0, 0.1) is 6.92 Å². The van der Waals surface area contributed by atoms with Crippen molar-refractivity contribution < 1.29 is 25.9 Å². The number of aryl methyl sites for hydroxylation is 3. The first kappa shape index (κ1) is 26.3. The third-order valence-electron chi connectivity index (χ3n) is 5.39. The van der Waals surface area contributed by atoms with E-state index in [1.165, 1.54) is 11.6 Å². The van der Waals surface area contributed by atoms with E-state index in [2.05, 4.69) is 24.3 Å².